The number of ether oxygens (including phenoxy) is 1. The molecule has 0 radical (unpaired) electrons. The van der Waals surface area contributed by atoms with E-state index in [1.54, 1.807) is 24.5 Å². The molecule has 4 nitrogen and oxygen atoms in total. The molecule has 0 saturated carbocycles. The largest absolute Gasteiger partial charge is 0.491 e. The Labute approximate surface area is 119 Å². The van der Waals surface area contributed by atoms with Gasteiger partial charge in [0.1, 0.15) is 11.3 Å². The maximum absolute atomic E-state index is 11.1. The van der Waals surface area contributed by atoms with Crippen LogP contribution < -0.4 is 4.74 Å². The Hall–Kier alpha value is -1.88. The van der Waals surface area contributed by atoms with Gasteiger partial charge in [-0.3, -0.25) is 4.98 Å². The Bertz CT molecular complexity index is 572. The van der Waals surface area contributed by atoms with E-state index in [0.717, 1.165) is 5.56 Å². The molecule has 0 bridgehead atoms. The highest BCUT2D eigenvalue weighted by Crippen LogP contribution is 2.29. The highest BCUT2D eigenvalue weighted by molar-refractivity contribution is 9.10. The van der Waals surface area contributed by atoms with Crippen molar-refractivity contribution in [3.05, 3.63) is 58.3 Å². The minimum absolute atomic E-state index is 0.153. The van der Waals surface area contributed by atoms with Gasteiger partial charge in [-0.1, -0.05) is 12.1 Å². The zero-order valence-electron chi connectivity index (χ0n) is 10.0. The van der Waals surface area contributed by atoms with Crippen molar-refractivity contribution in [1.82, 2.24) is 4.98 Å². The Morgan fingerprint density at radius 3 is 2.84 bits per heavy atom. The minimum atomic E-state index is -1.00. The van der Waals surface area contributed by atoms with Gasteiger partial charge in [0.2, 0.25) is 0 Å². The number of hydrogen-bond donors (Lipinski definition) is 1. The van der Waals surface area contributed by atoms with Gasteiger partial charge in [-0.05, 0) is 39.7 Å². The minimum Gasteiger partial charge on any atom is -0.491 e. The highest BCUT2D eigenvalue weighted by Gasteiger charge is 2.13. The summed E-state index contributed by atoms with van der Waals surface area (Å²) in [6, 6.07) is 8.75. The average molecular weight is 322 g/mol. The molecular weight excluding hydrogens is 310 g/mol. The number of halogens is 1. The topological polar surface area (TPSA) is 59.4 Å². The fourth-order valence-corrected chi connectivity index (χ4v) is 2.12. The number of benzene rings is 1. The highest BCUT2D eigenvalue weighted by atomic mass is 79.9. The summed E-state index contributed by atoms with van der Waals surface area (Å²) in [7, 11) is 0. The zero-order chi connectivity index (χ0) is 13.7. The van der Waals surface area contributed by atoms with Crippen molar-refractivity contribution in [2.75, 3.05) is 6.61 Å². The number of nitrogens with zero attached hydrogens (tertiary/aromatic N) is 1. The number of carbonyl (C=O) groups is 1. The quantitative estimate of drug-likeness (QED) is 0.918. The first-order valence-corrected chi connectivity index (χ1v) is 6.51. The van der Waals surface area contributed by atoms with Crippen molar-refractivity contribution < 1.29 is 14.6 Å². The van der Waals surface area contributed by atoms with E-state index in [1.165, 1.54) is 6.07 Å². The smallest absolute Gasteiger partial charge is 0.339 e. The molecule has 2 aromatic rings. The van der Waals surface area contributed by atoms with Crippen molar-refractivity contribution in [3.8, 4) is 5.75 Å². The molecule has 0 atom stereocenters. The lowest BCUT2D eigenvalue weighted by molar-refractivity contribution is 0.0692. The molecule has 1 aromatic heterocycles. The van der Waals surface area contributed by atoms with Crippen molar-refractivity contribution >= 4 is 21.9 Å². The van der Waals surface area contributed by atoms with Crippen LogP contribution in [0.25, 0.3) is 0 Å². The second kappa shape index (κ2) is 6.33. The second-order valence-corrected chi connectivity index (χ2v) is 4.74. The van der Waals surface area contributed by atoms with Crippen molar-refractivity contribution in [2.45, 2.75) is 6.42 Å². The van der Waals surface area contributed by atoms with Crippen LogP contribution in [0.3, 0.4) is 0 Å². The Kier molecular flexibility index (Phi) is 4.52. The average Bonchev–Trinajstić information content (AvgIpc) is 2.41. The van der Waals surface area contributed by atoms with Gasteiger partial charge < -0.3 is 9.84 Å². The Morgan fingerprint density at radius 2 is 2.16 bits per heavy atom. The third-order valence-corrected chi connectivity index (χ3v) is 3.18. The molecule has 19 heavy (non-hydrogen) atoms. The molecular formula is C14H12BrNO3. The van der Waals surface area contributed by atoms with Gasteiger partial charge in [-0.15, -0.1) is 0 Å². The van der Waals surface area contributed by atoms with Gasteiger partial charge in [-0.25, -0.2) is 4.79 Å². The fraction of sp³-hybridized carbons (Fsp3) is 0.143. The molecule has 98 valence electrons. The SMILES string of the molecule is O=C(O)c1cccc(Br)c1OCCc1cccnc1. The predicted molar refractivity (Wildman–Crippen MR) is 74.5 cm³/mol. The predicted octanol–water partition coefficient (Wildman–Crippen LogP) is 3.16. The van der Waals surface area contributed by atoms with Gasteiger partial charge >= 0.3 is 5.97 Å². The summed E-state index contributed by atoms with van der Waals surface area (Å²) < 4.78 is 6.22. The molecule has 0 spiro atoms. The summed E-state index contributed by atoms with van der Waals surface area (Å²) in [4.78, 5) is 15.1. The molecule has 0 aliphatic heterocycles. The summed E-state index contributed by atoms with van der Waals surface area (Å²) >= 11 is 3.30. The van der Waals surface area contributed by atoms with Gasteiger partial charge in [0.05, 0.1) is 11.1 Å². The molecule has 0 amide bonds. The molecule has 0 fully saturated rings. The van der Waals surface area contributed by atoms with Crippen LogP contribution in [0.2, 0.25) is 0 Å². The normalized spacial score (nSPS) is 10.2. The van der Waals surface area contributed by atoms with Crippen LogP contribution in [0.4, 0.5) is 0 Å². The summed E-state index contributed by atoms with van der Waals surface area (Å²) in [5, 5.41) is 9.10. The van der Waals surface area contributed by atoms with Crippen molar-refractivity contribution in [3.63, 3.8) is 0 Å². The fourth-order valence-electron chi connectivity index (χ4n) is 1.64. The van der Waals surface area contributed by atoms with Crippen LogP contribution in [0.15, 0.2) is 47.2 Å². The van der Waals surface area contributed by atoms with E-state index in [1.807, 2.05) is 12.1 Å². The van der Waals surface area contributed by atoms with Crippen LogP contribution in [-0.4, -0.2) is 22.7 Å². The molecule has 5 heteroatoms. The van der Waals surface area contributed by atoms with Crippen LogP contribution in [0.5, 0.6) is 5.75 Å². The Balaban J connectivity index is 2.05. The van der Waals surface area contributed by atoms with E-state index >= 15 is 0 Å². The number of pyridine rings is 1. The number of rotatable bonds is 5. The van der Waals surface area contributed by atoms with Crippen molar-refractivity contribution in [1.29, 1.82) is 0 Å². The third-order valence-electron chi connectivity index (χ3n) is 2.56. The lowest BCUT2D eigenvalue weighted by Crippen LogP contribution is -2.07. The number of aromatic carboxylic acids is 1. The first-order valence-electron chi connectivity index (χ1n) is 5.72. The molecule has 1 N–H and O–H groups in total. The van der Waals surface area contributed by atoms with Crippen LogP contribution >= 0.6 is 15.9 Å². The monoisotopic (exact) mass is 321 g/mol. The molecule has 0 aliphatic rings. The third kappa shape index (κ3) is 3.54. The van der Waals surface area contributed by atoms with Gasteiger partial charge in [0.15, 0.2) is 0 Å². The summed E-state index contributed by atoms with van der Waals surface area (Å²) in [6.07, 6.45) is 4.15. The number of carboxylic acids is 1. The van der Waals surface area contributed by atoms with E-state index in [-0.39, 0.29) is 5.56 Å². The van der Waals surface area contributed by atoms with E-state index in [4.69, 9.17) is 9.84 Å². The lowest BCUT2D eigenvalue weighted by Gasteiger charge is -2.10. The molecule has 0 saturated heterocycles. The first-order chi connectivity index (χ1) is 9.18. The van der Waals surface area contributed by atoms with E-state index in [2.05, 4.69) is 20.9 Å². The van der Waals surface area contributed by atoms with Gasteiger partial charge in [0, 0.05) is 18.8 Å². The number of aromatic nitrogens is 1. The molecule has 2 rings (SSSR count). The lowest BCUT2D eigenvalue weighted by atomic mass is 10.2. The molecule has 1 heterocycles. The number of hydrogen-bond acceptors (Lipinski definition) is 3. The maximum Gasteiger partial charge on any atom is 0.339 e. The number of carboxylic acid groups (broad SMARTS) is 1. The van der Waals surface area contributed by atoms with Crippen LogP contribution in [-0.2, 0) is 6.42 Å². The van der Waals surface area contributed by atoms with Crippen LogP contribution in [0, 0.1) is 0 Å². The van der Waals surface area contributed by atoms with Gasteiger partial charge in [-0.2, -0.15) is 0 Å². The Morgan fingerprint density at radius 1 is 1.32 bits per heavy atom. The summed E-state index contributed by atoms with van der Waals surface area (Å²) in [5.41, 5.74) is 1.20. The van der Waals surface area contributed by atoms with E-state index in [0.29, 0.717) is 23.2 Å². The van der Waals surface area contributed by atoms with Gasteiger partial charge in [0.25, 0.3) is 0 Å². The summed E-state index contributed by atoms with van der Waals surface area (Å²) in [5.74, 6) is -0.642. The summed E-state index contributed by atoms with van der Waals surface area (Å²) in [6.45, 7) is 0.397. The second-order valence-electron chi connectivity index (χ2n) is 3.88. The van der Waals surface area contributed by atoms with E-state index < -0.39 is 5.97 Å². The van der Waals surface area contributed by atoms with Crippen molar-refractivity contribution in [2.24, 2.45) is 0 Å². The maximum atomic E-state index is 11.1. The standard InChI is InChI=1S/C14H12BrNO3/c15-12-5-1-4-11(14(17)18)13(12)19-8-6-10-3-2-7-16-9-10/h1-5,7,9H,6,8H2,(H,17,18). The van der Waals surface area contributed by atoms with Crippen LogP contribution in [0.1, 0.15) is 15.9 Å². The first kappa shape index (κ1) is 13.5. The molecule has 0 unspecified atom stereocenters. The molecule has 1 aromatic carbocycles. The van der Waals surface area contributed by atoms with E-state index in [9.17, 15) is 4.79 Å². The number of para-hydroxylation sites is 1. The zero-order valence-corrected chi connectivity index (χ0v) is 11.6. The molecule has 0 aliphatic carbocycles.